The lowest BCUT2D eigenvalue weighted by molar-refractivity contribution is 0.103. The number of rotatable bonds is 3. The molecule has 24 heavy (non-hydrogen) atoms. The van der Waals surface area contributed by atoms with Gasteiger partial charge >= 0.3 is 0 Å². The molecule has 3 heteroatoms. The minimum atomic E-state index is -0.0208. The van der Waals surface area contributed by atoms with E-state index in [2.05, 4.69) is 0 Å². The second-order valence-electron chi connectivity index (χ2n) is 5.76. The van der Waals surface area contributed by atoms with Crippen molar-refractivity contribution in [1.82, 2.24) is 9.38 Å². The summed E-state index contributed by atoms with van der Waals surface area (Å²) in [6.07, 6.45) is 1.90. The van der Waals surface area contributed by atoms with Gasteiger partial charge < -0.3 is 0 Å². The van der Waals surface area contributed by atoms with Crippen LogP contribution < -0.4 is 0 Å². The maximum absolute atomic E-state index is 13.2. The van der Waals surface area contributed by atoms with Crippen molar-refractivity contribution >= 4 is 11.4 Å². The van der Waals surface area contributed by atoms with Crippen molar-refractivity contribution in [3.63, 3.8) is 0 Å². The highest BCUT2D eigenvalue weighted by atomic mass is 16.1. The summed E-state index contributed by atoms with van der Waals surface area (Å²) >= 11 is 0. The molecule has 0 fully saturated rings. The second kappa shape index (κ2) is 5.78. The molecular formula is C21H16N2O. The lowest BCUT2D eigenvalue weighted by Crippen LogP contribution is -2.07. The molecule has 4 aromatic rings. The van der Waals surface area contributed by atoms with Crippen LogP contribution in [0.4, 0.5) is 0 Å². The van der Waals surface area contributed by atoms with Crippen molar-refractivity contribution in [3.8, 4) is 11.3 Å². The Balaban J connectivity index is 2.02. The minimum absolute atomic E-state index is 0.0208. The van der Waals surface area contributed by atoms with Gasteiger partial charge in [-0.2, -0.15) is 0 Å². The van der Waals surface area contributed by atoms with E-state index in [0.717, 1.165) is 22.5 Å². The first kappa shape index (κ1) is 14.4. The van der Waals surface area contributed by atoms with Crippen LogP contribution in [-0.4, -0.2) is 15.2 Å². The molecule has 0 saturated carbocycles. The number of carbonyl (C=O) groups excluding carboxylic acids is 1. The molecule has 0 aliphatic carbocycles. The highest BCUT2D eigenvalue weighted by Crippen LogP contribution is 2.27. The summed E-state index contributed by atoms with van der Waals surface area (Å²) in [6, 6.07) is 23.2. The Morgan fingerprint density at radius 1 is 0.875 bits per heavy atom. The molecular weight excluding hydrogens is 296 g/mol. The number of aromatic nitrogens is 2. The molecule has 2 aromatic heterocycles. The molecule has 0 bridgehead atoms. The monoisotopic (exact) mass is 312 g/mol. The molecule has 0 amide bonds. The van der Waals surface area contributed by atoms with E-state index in [1.165, 1.54) is 0 Å². The van der Waals surface area contributed by atoms with Gasteiger partial charge in [0.15, 0.2) is 0 Å². The highest BCUT2D eigenvalue weighted by Gasteiger charge is 2.22. The van der Waals surface area contributed by atoms with Gasteiger partial charge in [0, 0.05) is 17.3 Å². The van der Waals surface area contributed by atoms with Crippen molar-refractivity contribution < 1.29 is 4.79 Å². The van der Waals surface area contributed by atoms with Crippen LogP contribution >= 0.6 is 0 Å². The first-order chi connectivity index (χ1) is 11.8. The Bertz CT molecular complexity index is 1020. The number of fused-ring (bicyclic) bond motifs is 1. The molecule has 0 radical (unpaired) electrons. The molecule has 0 spiro atoms. The van der Waals surface area contributed by atoms with E-state index in [1.807, 2.05) is 90.3 Å². The summed E-state index contributed by atoms with van der Waals surface area (Å²) in [4.78, 5) is 17.9. The highest BCUT2D eigenvalue weighted by molar-refractivity contribution is 6.12. The maximum atomic E-state index is 13.2. The summed E-state index contributed by atoms with van der Waals surface area (Å²) < 4.78 is 1.90. The average molecular weight is 312 g/mol. The van der Waals surface area contributed by atoms with E-state index >= 15 is 0 Å². The van der Waals surface area contributed by atoms with E-state index in [4.69, 9.17) is 4.98 Å². The van der Waals surface area contributed by atoms with Crippen molar-refractivity contribution in [2.24, 2.45) is 0 Å². The Morgan fingerprint density at radius 2 is 1.54 bits per heavy atom. The lowest BCUT2D eigenvalue weighted by Gasteiger charge is -2.05. The van der Waals surface area contributed by atoms with E-state index < -0.39 is 0 Å². The van der Waals surface area contributed by atoms with Crippen LogP contribution in [0.3, 0.4) is 0 Å². The number of imidazole rings is 1. The molecule has 0 aliphatic heterocycles. The summed E-state index contributed by atoms with van der Waals surface area (Å²) in [7, 11) is 0. The van der Waals surface area contributed by atoms with Gasteiger partial charge in [0.05, 0.1) is 0 Å². The normalized spacial score (nSPS) is 10.9. The zero-order valence-corrected chi connectivity index (χ0v) is 13.3. The van der Waals surface area contributed by atoms with Crippen LogP contribution in [0.15, 0.2) is 79.0 Å². The van der Waals surface area contributed by atoms with Gasteiger partial charge in [-0.1, -0.05) is 66.7 Å². The zero-order chi connectivity index (χ0) is 16.5. The summed E-state index contributed by atoms with van der Waals surface area (Å²) in [5, 5.41) is 0. The Kier molecular flexibility index (Phi) is 3.47. The molecule has 3 nitrogen and oxygen atoms in total. The summed E-state index contributed by atoms with van der Waals surface area (Å²) in [6.45, 7) is 2.01. The zero-order valence-electron chi connectivity index (χ0n) is 13.3. The topological polar surface area (TPSA) is 34.4 Å². The number of benzene rings is 2. The third-order valence-electron chi connectivity index (χ3n) is 4.14. The molecule has 2 heterocycles. The van der Waals surface area contributed by atoms with Crippen LogP contribution in [0.1, 0.15) is 21.6 Å². The van der Waals surface area contributed by atoms with Gasteiger partial charge in [-0.05, 0) is 18.6 Å². The fourth-order valence-electron chi connectivity index (χ4n) is 2.94. The third kappa shape index (κ3) is 2.31. The number of hydrogen-bond acceptors (Lipinski definition) is 2. The van der Waals surface area contributed by atoms with Crippen LogP contribution in [0.25, 0.3) is 16.9 Å². The van der Waals surface area contributed by atoms with E-state index in [1.54, 1.807) is 0 Å². The number of aryl methyl sites for hydroxylation is 1. The molecule has 0 saturated heterocycles. The van der Waals surface area contributed by atoms with Crippen molar-refractivity contribution in [3.05, 3.63) is 95.8 Å². The SMILES string of the molecule is Cc1cccn2c(C(=O)c3ccccc3)c(-c3ccccc3)nc12. The smallest absolute Gasteiger partial charge is 0.212 e. The molecule has 0 aliphatic rings. The van der Waals surface area contributed by atoms with Crippen molar-refractivity contribution in [2.75, 3.05) is 0 Å². The number of carbonyl (C=O) groups is 1. The number of nitrogens with zero attached hydrogens (tertiary/aromatic N) is 2. The van der Waals surface area contributed by atoms with E-state index in [0.29, 0.717) is 11.3 Å². The first-order valence-corrected chi connectivity index (χ1v) is 7.88. The van der Waals surface area contributed by atoms with Crippen LogP contribution in [0, 0.1) is 6.92 Å². The fourth-order valence-corrected chi connectivity index (χ4v) is 2.94. The molecule has 0 N–H and O–H groups in total. The Hall–Kier alpha value is -3.20. The van der Waals surface area contributed by atoms with E-state index in [-0.39, 0.29) is 5.78 Å². The Morgan fingerprint density at radius 3 is 2.25 bits per heavy atom. The molecule has 0 unspecified atom stereocenters. The predicted octanol–water partition coefficient (Wildman–Crippen LogP) is 4.54. The van der Waals surface area contributed by atoms with Crippen LogP contribution in [0.5, 0.6) is 0 Å². The maximum Gasteiger partial charge on any atom is 0.212 e. The number of ketones is 1. The van der Waals surface area contributed by atoms with Crippen LogP contribution in [-0.2, 0) is 0 Å². The van der Waals surface area contributed by atoms with Crippen molar-refractivity contribution in [1.29, 1.82) is 0 Å². The standard InChI is InChI=1S/C21H16N2O/c1-15-9-8-14-23-19(20(24)17-12-6-3-7-13-17)18(22-21(15)23)16-10-4-2-5-11-16/h2-14H,1H3. The molecule has 2 aromatic carbocycles. The number of hydrogen-bond donors (Lipinski definition) is 0. The molecule has 0 atom stereocenters. The summed E-state index contributed by atoms with van der Waals surface area (Å²) in [5.74, 6) is -0.0208. The van der Waals surface area contributed by atoms with Crippen LogP contribution in [0.2, 0.25) is 0 Å². The Labute approximate surface area is 140 Å². The van der Waals surface area contributed by atoms with Gasteiger partial charge in [0.2, 0.25) is 5.78 Å². The molecule has 4 rings (SSSR count). The quantitative estimate of drug-likeness (QED) is 0.520. The second-order valence-corrected chi connectivity index (χ2v) is 5.76. The van der Waals surface area contributed by atoms with Gasteiger partial charge in [-0.25, -0.2) is 4.98 Å². The lowest BCUT2D eigenvalue weighted by atomic mass is 10.0. The average Bonchev–Trinajstić information content (AvgIpc) is 3.03. The van der Waals surface area contributed by atoms with Gasteiger partial charge in [-0.15, -0.1) is 0 Å². The predicted molar refractivity (Wildman–Crippen MR) is 95.2 cm³/mol. The van der Waals surface area contributed by atoms with Gasteiger partial charge in [0.25, 0.3) is 0 Å². The first-order valence-electron chi connectivity index (χ1n) is 7.88. The van der Waals surface area contributed by atoms with Crippen molar-refractivity contribution in [2.45, 2.75) is 6.92 Å². The van der Waals surface area contributed by atoms with Gasteiger partial charge in [-0.3, -0.25) is 9.20 Å². The minimum Gasteiger partial charge on any atom is -0.296 e. The van der Waals surface area contributed by atoms with Gasteiger partial charge in [0.1, 0.15) is 17.0 Å². The third-order valence-corrected chi connectivity index (χ3v) is 4.14. The summed E-state index contributed by atoms with van der Waals surface area (Å²) in [5.41, 5.74) is 4.79. The fraction of sp³-hybridized carbons (Fsp3) is 0.0476. The largest absolute Gasteiger partial charge is 0.296 e. The number of pyridine rings is 1. The molecule has 116 valence electrons. The van der Waals surface area contributed by atoms with E-state index in [9.17, 15) is 4.79 Å².